The molecule has 7 heteroatoms. The lowest BCUT2D eigenvalue weighted by Crippen LogP contribution is -2.40. The van der Waals surface area contributed by atoms with Gasteiger partial charge in [0.05, 0.1) is 18.1 Å². The molecule has 0 unspecified atom stereocenters. The number of benzene rings is 1. The van der Waals surface area contributed by atoms with E-state index < -0.39 is 9.84 Å². The Hall–Kier alpha value is -2.12. The fourth-order valence-corrected chi connectivity index (χ4v) is 5.76. The van der Waals surface area contributed by atoms with Crippen LogP contribution in [0.5, 0.6) is 5.75 Å². The summed E-state index contributed by atoms with van der Waals surface area (Å²) in [6, 6.07) is 8.66. The van der Waals surface area contributed by atoms with Crippen molar-refractivity contribution < 1.29 is 17.9 Å². The van der Waals surface area contributed by atoms with E-state index in [4.69, 9.17) is 4.74 Å². The smallest absolute Gasteiger partial charge is 0.254 e. The van der Waals surface area contributed by atoms with Crippen molar-refractivity contribution in [2.45, 2.75) is 25.9 Å². The first-order chi connectivity index (χ1) is 12.9. The summed E-state index contributed by atoms with van der Waals surface area (Å²) in [6.45, 7) is 6.44. The Bertz CT molecular complexity index is 916. The Morgan fingerprint density at radius 1 is 1.33 bits per heavy atom. The van der Waals surface area contributed by atoms with Crippen LogP contribution in [0.3, 0.4) is 0 Å². The molecule has 2 aromatic rings. The van der Waals surface area contributed by atoms with Crippen LogP contribution in [0, 0.1) is 6.92 Å². The Balaban J connectivity index is 1.84. The van der Waals surface area contributed by atoms with Crippen LogP contribution in [0.2, 0.25) is 0 Å². The van der Waals surface area contributed by atoms with Crippen molar-refractivity contribution in [2.75, 3.05) is 18.1 Å². The normalized spacial score (nSPS) is 18.2. The molecule has 0 N–H and O–H groups in total. The number of hydrogen-bond donors (Lipinski definition) is 0. The predicted molar refractivity (Wildman–Crippen MR) is 108 cm³/mol. The van der Waals surface area contributed by atoms with E-state index in [9.17, 15) is 13.2 Å². The number of sulfone groups is 1. The molecule has 0 radical (unpaired) electrons. The van der Waals surface area contributed by atoms with Gasteiger partial charge in [-0.1, -0.05) is 12.7 Å². The van der Waals surface area contributed by atoms with Crippen molar-refractivity contribution in [2.24, 2.45) is 0 Å². The van der Waals surface area contributed by atoms with E-state index in [2.05, 4.69) is 6.58 Å². The molecule has 1 atom stereocenters. The van der Waals surface area contributed by atoms with Crippen LogP contribution in [0.4, 0.5) is 0 Å². The monoisotopic (exact) mass is 405 g/mol. The molecular weight excluding hydrogens is 382 g/mol. The van der Waals surface area contributed by atoms with Gasteiger partial charge in [0, 0.05) is 16.5 Å². The van der Waals surface area contributed by atoms with Crippen LogP contribution in [0.25, 0.3) is 0 Å². The number of thiophene rings is 1. The van der Waals surface area contributed by atoms with Gasteiger partial charge in [-0.25, -0.2) is 8.42 Å². The molecule has 1 aliphatic heterocycles. The van der Waals surface area contributed by atoms with Gasteiger partial charge in [-0.15, -0.1) is 11.3 Å². The molecule has 3 rings (SSSR count). The molecule has 1 aromatic heterocycles. The van der Waals surface area contributed by atoms with Crippen LogP contribution < -0.4 is 4.74 Å². The maximum atomic E-state index is 13.2. The van der Waals surface area contributed by atoms with E-state index in [1.807, 2.05) is 18.4 Å². The van der Waals surface area contributed by atoms with Gasteiger partial charge in [0.1, 0.15) is 12.4 Å². The zero-order valence-electron chi connectivity index (χ0n) is 15.3. The van der Waals surface area contributed by atoms with E-state index in [1.54, 1.807) is 46.6 Å². The number of carbonyl (C=O) groups excluding carboxylic acids is 1. The highest BCUT2D eigenvalue weighted by molar-refractivity contribution is 7.91. The number of nitrogens with zero attached hydrogens (tertiary/aromatic N) is 1. The van der Waals surface area contributed by atoms with Crippen molar-refractivity contribution in [3.63, 3.8) is 0 Å². The second-order valence-electron chi connectivity index (χ2n) is 6.64. The molecule has 0 spiro atoms. The van der Waals surface area contributed by atoms with Gasteiger partial charge in [0.2, 0.25) is 0 Å². The van der Waals surface area contributed by atoms with Crippen LogP contribution in [-0.4, -0.2) is 43.4 Å². The summed E-state index contributed by atoms with van der Waals surface area (Å²) >= 11 is 1.59. The molecule has 0 bridgehead atoms. The number of rotatable bonds is 7. The molecule has 27 heavy (non-hydrogen) atoms. The van der Waals surface area contributed by atoms with E-state index in [1.165, 1.54) is 0 Å². The first kappa shape index (κ1) is 19.6. The number of hydrogen-bond acceptors (Lipinski definition) is 5. The molecule has 1 amide bonds. The fraction of sp³-hybridized carbons (Fsp3) is 0.350. The van der Waals surface area contributed by atoms with E-state index >= 15 is 0 Å². The Morgan fingerprint density at radius 3 is 2.63 bits per heavy atom. The van der Waals surface area contributed by atoms with Gasteiger partial charge < -0.3 is 9.64 Å². The third kappa shape index (κ3) is 4.78. The number of aryl methyl sites for hydroxylation is 1. The predicted octanol–water partition coefficient (Wildman–Crippen LogP) is 3.45. The van der Waals surface area contributed by atoms with Crippen molar-refractivity contribution in [3.8, 4) is 5.75 Å². The molecule has 1 aliphatic rings. The van der Waals surface area contributed by atoms with E-state index in [0.717, 1.165) is 10.4 Å². The number of carbonyl (C=O) groups is 1. The van der Waals surface area contributed by atoms with Crippen LogP contribution in [0.1, 0.15) is 27.2 Å². The Kier molecular flexibility index (Phi) is 6.01. The first-order valence-electron chi connectivity index (χ1n) is 8.78. The second kappa shape index (κ2) is 8.27. The van der Waals surface area contributed by atoms with Crippen molar-refractivity contribution in [1.29, 1.82) is 0 Å². The van der Waals surface area contributed by atoms with Crippen molar-refractivity contribution in [3.05, 3.63) is 64.4 Å². The average molecular weight is 406 g/mol. The lowest BCUT2D eigenvalue weighted by atomic mass is 10.1. The number of ether oxygens (including phenoxy) is 1. The average Bonchev–Trinajstić information content (AvgIpc) is 3.22. The van der Waals surface area contributed by atoms with Crippen molar-refractivity contribution in [1.82, 2.24) is 4.90 Å². The molecule has 5 nitrogen and oxygen atoms in total. The molecule has 2 heterocycles. The third-order valence-electron chi connectivity index (χ3n) is 4.66. The lowest BCUT2D eigenvalue weighted by molar-refractivity contribution is 0.0683. The highest BCUT2D eigenvalue weighted by Crippen LogP contribution is 2.26. The Morgan fingerprint density at radius 2 is 2.07 bits per heavy atom. The van der Waals surface area contributed by atoms with Crippen LogP contribution >= 0.6 is 11.3 Å². The maximum absolute atomic E-state index is 13.2. The fourth-order valence-electron chi connectivity index (χ4n) is 3.12. The summed E-state index contributed by atoms with van der Waals surface area (Å²) in [5.74, 6) is 0.679. The van der Waals surface area contributed by atoms with Gasteiger partial charge in [-0.3, -0.25) is 4.79 Å². The largest absolute Gasteiger partial charge is 0.490 e. The Labute approximate surface area is 164 Å². The molecule has 1 saturated heterocycles. The van der Waals surface area contributed by atoms with Gasteiger partial charge in [-0.2, -0.15) is 0 Å². The molecular formula is C20H23NO4S2. The minimum Gasteiger partial charge on any atom is -0.490 e. The van der Waals surface area contributed by atoms with Crippen LogP contribution in [0.15, 0.2) is 48.4 Å². The topological polar surface area (TPSA) is 63.7 Å². The van der Waals surface area contributed by atoms with E-state index in [0.29, 0.717) is 30.9 Å². The minimum absolute atomic E-state index is 0.0314. The van der Waals surface area contributed by atoms with Gasteiger partial charge in [-0.05, 0) is 54.6 Å². The van der Waals surface area contributed by atoms with Gasteiger partial charge in [0.25, 0.3) is 5.91 Å². The quantitative estimate of drug-likeness (QED) is 0.662. The standard InChI is InChI=1S/C20H23NO4S2/c1-3-10-25-18-6-4-16(5-7-18)20(22)21(13-19-15(2)8-11-26-19)17-9-12-27(23,24)14-17/h3-8,11,17H,1,9-10,12-14H2,2H3/t17-/m1/s1. The van der Waals surface area contributed by atoms with E-state index in [-0.39, 0.29) is 23.5 Å². The number of amides is 1. The SMILES string of the molecule is C=CCOc1ccc(C(=O)N(Cc2sccc2C)[C@@H]2CCS(=O)(=O)C2)cc1. The highest BCUT2D eigenvalue weighted by atomic mass is 32.2. The molecule has 0 saturated carbocycles. The third-order valence-corrected chi connectivity index (χ3v) is 7.42. The highest BCUT2D eigenvalue weighted by Gasteiger charge is 2.35. The summed E-state index contributed by atoms with van der Waals surface area (Å²) in [6.07, 6.45) is 2.14. The zero-order valence-corrected chi connectivity index (χ0v) is 16.9. The van der Waals surface area contributed by atoms with Crippen LogP contribution in [-0.2, 0) is 16.4 Å². The summed E-state index contributed by atoms with van der Waals surface area (Å²) in [5, 5.41) is 1.99. The second-order valence-corrected chi connectivity index (χ2v) is 9.87. The zero-order chi connectivity index (χ0) is 19.4. The summed E-state index contributed by atoms with van der Waals surface area (Å²) < 4.78 is 29.4. The summed E-state index contributed by atoms with van der Waals surface area (Å²) in [4.78, 5) is 16.0. The molecule has 0 aliphatic carbocycles. The molecule has 1 fully saturated rings. The maximum Gasteiger partial charge on any atom is 0.254 e. The lowest BCUT2D eigenvalue weighted by Gasteiger charge is -2.28. The summed E-state index contributed by atoms with van der Waals surface area (Å²) in [7, 11) is -3.08. The van der Waals surface area contributed by atoms with Crippen molar-refractivity contribution >= 4 is 27.1 Å². The van der Waals surface area contributed by atoms with Gasteiger partial charge in [0.15, 0.2) is 9.84 Å². The molecule has 1 aromatic carbocycles. The minimum atomic E-state index is -3.08. The first-order valence-corrected chi connectivity index (χ1v) is 11.5. The summed E-state index contributed by atoms with van der Waals surface area (Å²) in [5.41, 5.74) is 1.64. The van der Waals surface area contributed by atoms with Gasteiger partial charge >= 0.3 is 0 Å². The molecule has 144 valence electrons.